The van der Waals surface area contributed by atoms with Crippen LogP contribution in [0.4, 0.5) is 8.78 Å². The van der Waals surface area contributed by atoms with Crippen LogP contribution in [0.15, 0.2) is 6.07 Å². The van der Waals surface area contributed by atoms with E-state index >= 15 is 0 Å². The van der Waals surface area contributed by atoms with Crippen LogP contribution in [0.5, 0.6) is 5.75 Å². The predicted octanol–water partition coefficient (Wildman–Crippen LogP) is 3.32. The lowest BCUT2D eigenvalue weighted by molar-refractivity contribution is -0.329. The second-order valence-electron chi connectivity index (χ2n) is 7.01. The maximum absolute atomic E-state index is 13.2. The van der Waals surface area contributed by atoms with E-state index in [1.807, 2.05) is 52.1 Å². The van der Waals surface area contributed by atoms with Crippen molar-refractivity contribution in [3.05, 3.63) is 22.3 Å². The number of hydrogen-bond donors (Lipinski definition) is 0. The number of alkyl halides is 2. The standard InChI is InChI=1S/C19H19F2I3O8/c1-4-18(2,3)17(29)31-6-5-30-15(26)12-13(23)9(22)7-10(14(12)24)32-11(25)8-19(20,21)16(27)28/h7H,4-6,8H2,1-3H3,(H,27,28)/p-1. The fourth-order valence-electron chi connectivity index (χ4n) is 1.93. The molecule has 0 saturated carbocycles. The highest BCUT2D eigenvalue weighted by Gasteiger charge is 2.36. The summed E-state index contributed by atoms with van der Waals surface area (Å²) in [6.45, 7) is 4.90. The first kappa shape index (κ1) is 29.2. The van der Waals surface area contributed by atoms with Crippen LogP contribution in [-0.4, -0.2) is 43.0 Å². The van der Waals surface area contributed by atoms with Crippen molar-refractivity contribution >= 4 is 91.6 Å². The number of halogens is 5. The van der Waals surface area contributed by atoms with E-state index in [9.17, 15) is 33.1 Å². The van der Waals surface area contributed by atoms with Crippen molar-refractivity contribution in [1.82, 2.24) is 0 Å². The van der Waals surface area contributed by atoms with Crippen LogP contribution in [0.3, 0.4) is 0 Å². The van der Waals surface area contributed by atoms with Crippen LogP contribution in [0, 0.1) is 16.1 Å². The van der Waals surface area contributed by atoms with Gasteiger partial charge < -0.3 is 24.1 Å². The van der Waals surface area contributed by atoms with Crippen molar-refractivity contribution in [2.45, 2.75) is 39.5 Å². The molecule has 0 aliphatic heterocycles. The third-order valence-electron chi connectivity index (χ3n) is 4.20. The second kappa shape index (κ2) is 12.0. The zero-order valence-corrected chi connectivity index (χ0v) is 23.5. The molecule has 0 unspecified atom stereocenters. The maximum Gasteiger partial charge on any atom is 0.340 e. The lowest BCUT2D eigenvalue weighted by Gasteiger charge is -2.20. The van der Waals surface area contributed by atoms with E-state index in [0.29, 0.717) is 13.6 Å². The van der Waals surface area contributed by atoms with E-state index in [-0.39, 0.29) is 28.1 Å². The Bertz CT molecular complexity index is 918. The third-order valence-corrected chi connectivity index (χ3v) is 8.28. The zero-order valence-electron chi connectivity index (χ0n) is 17.1. The highest BCUT2D eigenvalue weighted by Crippen LogP contribution is 2.33. The van der Waals surface area contributed by atoms with Crippen LogP contribution in [-0.2, 0) is 23.9 Å². The number of aliphatic carboxylic acids is 1. The summed E-state index contributed by atoms with van der Waals surface area (Å²) < 4.78 is 42.5. The summed E-state index contributed by atoms with van der Waals surface area (Å²) in [5, 5.41) is 10.4. The third kappa shape index (κ3) is 7.88. The van der Waals surface area contributed by atoms with Crippen molar-refractivity contribution in [3.8, 4) is 5.75 Å². The minimum Gasteiger partial charge on any atom is -0.544 e. The summed E-state index contributed by atoms with van der Waals surface area (Å²) in [5.41, 5.74) is -0.649. The number of ether oxygens (including phenoxy) is 3. The molecule has 0 aliphatic rings. The number of hydrogen-bond acceptors (Lipinski definition) is 8. The van der Waals surface area contributed by atoms with Crippen molar-refractivity contribution in [3.63, 3.8) is 0 Å². The summed E-state index contributed by atoms with van der Waals surface area (Å²) in [6, 6.07) is 1.34. The van der Waals surface area contributed by atoms with Gasteiger partial charge in [0.2, 0.25) is 0 Å². The van der Waals surface area contributed by atoms with E-state index < -0.39 is 41.6 Å². The number of carbonyl (C=O) groups is 4. The molecular weight excluding hydrogens is 775 g/mol. The lowest BCUT2D eigenvalue weighted by atomic mass is 9.91. The van der Waals surface area contributed by atoms with E-state index in [1.54, 1.807) is 36.4 Å². The fraction of sp³-hybridized carbons (Fsp3) is 0.474. The number of esters is 3. The number of rotatable bonds is 10. The molecule has 178 valence electrons. The molecule has 32 heavy (non-hydrogen) atoms. The first-order valence-corrected chi connectivity index (χ1v) is 12.2. The normalized spacial score (nSPS) is 11.6. The molecule has 0 N–H and O–H groups in total. The van der Waals surface area contributed by atoms with Gasteiger partial charge in [-0.3, -0.25) is 9.59 Å². The minimum atomic E-state index is -4.40. The molecular formula is C19H18F2I3O8-. The highest BCUT2D eigenvalue weighted by molar-refractivity contribution is 14.1. The first-order chi connectivity index (χ1) is 14.6. The van der Waals surface area contributed by atoms with Gasteiger partial charge in [-0.05, 0) is 94.1 Å². The van der Waals surface area contributed by atoms with Gasteiger partial charge in [-0.25, -0.2) is 4.79 Å². The van der Waals surface area contributed by atoms with Gasteiger partial charge in [0.1, 0.15) is 31.4 Å². The predicted molar refractivity (Wildman–Crippen MR) is 130 cm³/mol. The molecule has 0 saturated heterocycles. The van der Waals surface area contributed by atoms with Gasteiger partial charge in [-0.1, -0.05) is 6.92 Å². The van der Waals surface area contributed by atoms with Crippen LogP contribution >= 0.6 is 67.8 Å². The number of carbonyl (C=O) groups excluding carboxylic acids is 4. The molecule has 0 radical (unpaired) electrons. The van der Waals surface area contributed by atoms with E-state index in [2.05, 4.69) is 0 Å². The van der Waals surface area contributed by atoms with Gasteiger partial charge >= 0.3 is 17.9 Å². The van der Waals surface area contributed by atoms with Gasteiger partial charge in [0.05, 0.1) is 14.5 Å². The molecule has 1 aromatic rings. The van der Waals surface area contributed by atoms with E-state index in [0.717, 1.165) is 0 Å². The SMILES string of the molecule is CCC(C)(C)C(=O)OCCOC(=O)c1c(I)c(I)cc(OC(=O)CC(F)(F)C(=O)[O-])c1I. The van der Waals surface area contributed by atoms with Gasteiger partial charge in [0.15, 0.2) is 0 Å². The Labute approximate surface area is 223 Å². The average molecular weight is 793 g/mol. The smallest absolute Gasteiger partial charge is 0.340 e. The Morgan fingerprint density at radius 1 is 1.03 bits per heavy atom. The van der Waals surface area contributed by atoms with E-state index in [4.69, 9.17) is 14.2 Å². The van der Waals surface area contributed by atoms with Crippen molar-refractivity contribution in [1.29, 1.82) is 0 Å². The van der Waals surface area contributed by atoms with E-state index in [1.165, 1.54) is 6.07 Å². The van der Waals surface area contributed by atoms with Crippen LogP contribution in [0.1, 0.15) is 44.0 Å². The highest BCUT2D eigenvalue weighted by atomic mass is 127. The summed E-state index contributed by atoms with van der Waals surface area (Å²) in [7, 11) is 0. The molecule has 1 rings (SSSR count). The molecule has 0 fully saturated rings. The lowest BCUT2D eigenvalue weighted by Crippen LogP contribution is -2.43. The topological polar surface area (TPSA) is 119 Å². The molecule has 13 heteroatoms. The number of benzene rings is 1. The molecule has 0 aromatic heterocycles. The van der Waals surface area contributed by atoms with Gasteiger partial charge in [-0.15, -0.1) is 0 Å². The fourth-order valence-corrected chi connectivity index (χ4v) is 4.40. The van der Waals surface area contributed by atoms with Gasteiger partial charge in [0, 0.05) is 7.14 Å². The summed E-state index contributed by atoms with van der Waals surface area (Å²) in [5.74, 6) is -10.1. The Balaban J connectivity index is 2.92. The molecule has 0 heterocycles. The Morgan fingerprint density at radius 2 is 1.59 bits per heavy atom. The maximum atomic E-state index is 13.2. The average Bonchev–Trinajstić information content (AvgIpc) is 2.68. The van der Waals surface area contributed by atoms with Crippen LogP contribution in [0.25, 0.3) is 0 Å². The summed E-state index contributed by atoms with van der Waals surface area (Å²) in [4.78, 5) is 46.7. The second-order valence-corrected chi connectivity index (χ2v) is 10.3. The minimum absolute atomic E-state index is 0.0211. The zero-order chi connectivity index (χ0) is 24.9. The Morgan fingerprint density at radius 3 is 2.12 bits per heavy atom. The molecule has 0 amide bonds. The first-order valence-electron chi connectivity index (χ1n) is 8.95. The molecule has 0 bridgehead atoms. The molecule has 1 aromatic carbocycles. The number of carboxylic acids is 1. The summed E-state index contributed by atoms with van der Waals surface area (Å²) >= 11 is 5.40. The van der Waals surface area contributed by atoms with Crippen molar-refractivity contribution in [2.75, 3.05) is 13.2 Å². The molecule has 0 aliphatic carbocycles. The van der Waals surface area contributed by atoms with Gasteiger partial charge in [-0.2, -0.15) is 8.78 Å². The molecule has 8 nitrogen and oxygen atoms in total. The molecule has 0 atom stereocenters. The van der Waals surface area contributed by atoms with Crippen LogP contribution in [0.2, 0.25) is 0 Å². The summed E-state index contributed by atoms with van der Waals surface area (Å²) in [6.07, 6.45) is -1.16. The molecule has 0 spiro atoms. The monoisotopic (exact) mass is 793 g/mol. The largest absolute Gasteiger partial charge is 0.544 e. The van der Waals surface area contributed by atoms with Crippen molar-refractivity contribution in [2.24, 2.45) is 5.41 Å². The quantitative estimate of drug-likeness (QED) is 0.117. The Kier molecular flexibility index (Phi) is 11.0. The Hall–Kier alpha value is -0.850. The van der Waals surface area contributed by atoms with Gasteiger partial charge in [0.25, 0.3) is 5.92 Å². The van der Waals surface area contributed by atoms with Crippen molar-refractivity contribution < 1.29 is 47.3 Å². The number of carboxylic acid groups (broad SMARTS) is 1. The van der Waals surface area contributed by atoms with Crippen LogP contribution < -0.4 is 9.84 Å².